The van der Waals surface area contributed by atoms with Gasteiger partial charge in [0, 0.05) is 0 Å². The van der Waals surface area contributed by atoms with Crippen molar-refractivity contribution in [3.8, 4) is 5.75 Å². The number of benzene rings is 1. The highest BCUT2D eigenvalue weighted by Crippen LogP contribution is 2.45. The van der Waals surface area contributed by atoms with Crippen molar-refractivity contribution in [2.24, 2.45) is 5.41 Å². The summed E-state index contributed by atoms with van der Waals surface area (Å²) < 4.78 is 10.3. The third-order valence-electron chi connectivity index (χ3n) is 4.31. The van der Waals surface area contributed by atoms with E-state index in [2.05, 4.69) is 13.0 Å². The first-order valence-electron chi connectivity index (χ1n) is 6.75. The smallest absolute Gasteiger partial charge is 0.312 e. The number of carbonyl (C=O) groups is 1. The topological polar surface area (TPSA) is 35.5 Å². The minimum atomic E-state index is -0.291. The predicted octanol–water partition coefficient (Wildman–Crippen LogP) is 3.20. The highest BCUT2D eigenvalue weighted by molar-refractivity contribution is 5.78. The zero-order valence-electron chi connectivity index (χ0n) is 12.2. The minimum absolute atomic E-state index is 0.0633. The van der Waals surface area contributed by atoms with Gasteiger partial charge in [0.05, 0.1) is 19.6 Å². The van der Waals surface area contributed by atoms with Gasteiger partial charge in [-0.1, -0.05) is 12.5 Å². The summed E-state index contributed by atoms with van der Waals surface area (Å²) in [6.45, 7) is 4.11. The molecule has 0 spiro atoms. The molecule has 1 aliphatic rings. The molecule has 1 aromatic rings. The quantitative estimate of drug-likeness (QED) is 0.782. The van der Waals surface area contributed by atoms with E-state index in [-0.39, 0.29) is 11.4 Å². The molecule has 1 saturated carbocycles. The fraction of sp³-hybridized carbons (Fsp3) is 0.562. The van der Waals surface area contributed by atoms with Crippen LogP contribution in [-0.2, 0) is 16.0 Å². The average molecular weight is 262 g/mol. The second-order valence-electron chi connectivity index (χ2n) is 5.55. The lowest BCUT2D eigenvalue weighted by atomic mass is 9.65. The third-order valence-corrected chi connectivity index (χ3v) is 4.31. The lowest BCUT2D eigenvalue weighted by Crippen LogP contribution is -2.41. The third kappa shape index (κ3) is 2.46. The summed E-state index contributed by atoms with van der Waals surface area (Å²) >= 11 is 0. The van der Waals surface area contributed by atoms with E-state index >= 15 is 0 Å². The maximum atomic E-state index is 12.0. The molecule has 0 aliphatic heterocycles. The van der Waals surface area contributed by atoms with Crippen LogP contribution in [0.4, 0.5) is 0 Å². The molecule has 0 aromatic heterocycles. The van der Waals surface area contributed by atoms with Crippen LogP contribution in [0, 0.1) is 19.3 Å². The molecule has 1 aromatic carbocycles. The zero-order valence-corrected chi connectivity index (χ0v) is 12.2. The van der Waals surface area contributed by atoms with Crippen molar-refractivity contribution in [3.05, 3.63) is 28.8 Å². The number of ether oxygens (including phenoxy) is 2. The summed E-state index contributed by atoms with van der Waals surface area (Å²) in [5.41, 5.74) is 3.23. The molecule has 19 heavy (non-hydrogen) atoms. The SMILES string of the molecule is COC(=O)C1(Cc2cc(C)c(OC)cc2C)CCC1. The van der Waals surface area contributed by atoms with Gasteiger partial charge in [-0.25, -0.2) is 0 Å². The summed E-state index contributed by atoms with van der Waals surface area (Å²) in [5, 5.41) is 0. The number of aryl methyl sites for hydroxylation is 2. The molecule has 0 radical (unpaired) electrons. The van der Waals surface area contributed by atoms with E-state index in [1.54, 1.807) is 7.11 Å². The molecular weight excluding hydrogens is 240 g/mol. The molecule has 1 fully saturated rings. The van der Waals surface area contributed by atoms with Crippen LogP contribution >= 0.6 is 0 Å². The van der Waals surface area contributed by atoms with Crippen LogP contribution in [0.5, 0.6) is 5.75 Å². The van der Waals surface area contributed by atoms with E-state index in [1.165, 1.54) is 18.2 Å². The first kappa shape index (κ1) is 13.9. The summed E-state index contributed by atoms with van der Waals surface area (Å²) in [5.74, 6) is 0.841. The van der Waals surface area contributed by atoms with Gasteiger partial charge in [-0.2, -0.15) is 0 Å². The molecule has 1 aliphatic carbocycles. The van der Waals surface area contributed by atoms with Crippen molar-refractivity contribution in [2.45, 2.75) is 39.5 Å². The van der Waals surface area contributed by atoms with Crippen molar-refractivity contribution in [1.29, 1.82) is 0 Å². The summed E-state index contributed by atoms with van der Waals surface area (Å²) in [6, 6.07) is 4.19. The second kappa shape index (κ2) is 5.24. The van der Waals surface area contributed by atoms with Gasteiger partial charge in [-0.3, -0.25) is 4.79 Å². The first-order valence-corrected chi connectivity index (χ1v) is 6.75. The molecule has 3 heteroatoms. The second-order valence-corrected chi connectivity index (χ2v) is 5.55. The van der Waals surface area contributed by atoms with Crippen molar-refractivity contribution < 1.29 is 14.3 Å². The Hall–Kier alpha value is -1.51. The normalized spacial score (nSPS) is 16.6. The molecule has 0 unspecified atom stereocenters. The van der Waals surface area contributed by atoms with Gasteiger partial charge in [-0.15, -0.1) is 0 Å². The largest absolute Gasteiger partial charge is 0.496 e. The number of rotatable bonds is 4. The van der Waals surface area contributed by atoms with Crippen molar-refractivity contribution >= 4 is 5.97 Å². The first-order chi connectivity index (χ1) is 9.02. The van der Waals surface area contributed by atoms with Crippen molar-refractivity contribution in [1.82, 2.24) is 0 Å². The van der Waals surface area contributed by atoms with Crippen LogP contribution in [0.3, 0.4) is 0 Å². The van der Waals surface area contributed by atoms with Gasteiger partial charge in [-0.05, 0) is 55.9 Å². The number of hydrogen-bond acceptors (Lipinski definition) is 3. The Morgan fingerprint density at radius 2 is 1.89 bits per heavy atom. The van der Waals surface area contributed by atoms with Gasteiger partial charge < -0.3 is 9.47 Å². The van der Waals surface area contributed by atoms with Gasteiger partial charge in [0.25, 0.3) is 0 Å². The molecule has 2 rings (SSSR count). The van der Waals surface area contributed by atoms with Crippen molar-refractivity contribution in [2.75, 3.05) is 14.2 Å². The lowest BCUT2D eigenvalue weighted by Gasteiger charge is -2.39. The Bertz CT molecular complexity index is 487. The zero-order chi connectivity index (χ0) is 14.0. The van der Waals surface area contributed by atoms with Gasteiger partial charge >= 0.3 is 5.97 Å². The van der Waals surface area contributed by atoms with E-state index in [9.17, 15) is 4.79 Å². The molecule has 0 amide bonds. The number of hydrogen-bond donors (Lipinski definition) is 0. The predicted molar refractivity (Wildman–Crippen MR) is 74.5 cm³/mol. The van der Waals surface area contributed by atoms with Crippen LogP contribution in [0.2, 0.25) is 0 Å². The monoisotopic (exact) mass is 262 g/mol. The van der Waals surface area contributed by atoms with E-state index < -0.39 is 0 Å². The van der Waals surface area contributed by atoms with Crippen LogP contribution in [0.1, 0.15) is 36.0 Å². The van der Waals surface area contributed by atoms with E-state index in [0.29, 0.717) is 0 Å². The molecular formula is C16H22O3. The maximum Gasteiger partial charge on any atom is 0.312 e. The highest BCUT2D eigenvalue weighted by atomic mass is 16.5. The van der Waals surface area contributed by atoms with Crippen LogP contribution in [0.15, 0.2) is 12.1 Å². The molecule has 0 heterocycles. The fourth-order valence-electron chi connectivity index (χ4n) is 2.90. The summed E-state index contributed by atoms with van der Waals surface area (Å²) in [4.78, 5) is 12.0. The minimum Gasteiger partial charge on any atom is -0.496 e. The summed E-state index contributed by atoms with van der Waals surface area (Å²) in [7, 11) is 3.16. The van der Waals surface area contributed by atoms with Gasteiger partial charge in [0.2, 0.25) is 0 Å². The van der Waals surface area contributed by atoms with Gasteiger partial charge in [0.15, 0.2) is 0 Å². The molecule has 0 saturated heterocycles. The van der Waals surface area contributed by atoms with Crippen LogP contribution < -0.4 is 4.74 Å². The number of esters is 1. The van der Waals surface area contributed by atoms with E-state index in [4.69, 9.17) is 9.47 Å². The number of methoxy groups -OCH3 is 2. The Kier molecular flexibility index (Phi) is 3.83. The highest BCUT2D eigenvalue weighted by Gasteiger charge is 2.45. The fourth-order valence-corrected chi connectivity index (χ4v) is 2.90. The molecule has 0 bridgehead atoms. The lowest BCUT2D eigenvalue weighted by molar-refractivity contribution is -0.158. The Morgan fingerprint density at radius 1 is 1.21 bits per heavy atom. The molecule has 3 nitrogen and oxygen atoms in total. The van der Waals surface area contributed by atoms with Crippen LogP contribution in [0.25, 0.3) is 0 Å². The average Bonchev–Trinajstić information content (AvgIpc) is 2.36. The van der Waals surface area contributed by atoms with Crippen molar-refractivity contribution in [3.63, 3.8) is 0 Å². The molecule has 0 N–H and O–H groups in total. The Balaban J connectivity index is 2.28. The Labute approximate surface area is 114 Å². The summed E-state index contributed by atoms with van der Waals surface area (Å²) in [6.07, 6.45) is 3.76. The van der Waals surface area contributed by atoms with E-state index in [0.717, 1.165) is 37.0 Å². The van der Waals surface area contributed by atoms with Crippen LogP contribution in [-0.4, -0.2) is 20.2 Å². The molecule has 104 valence electrons. The maximum absolute atomic E-state index is 12.0. The number of carbonyl (C=O) groups excluding carboxylic acids is 1. The standard InChI is InChI=1S/C16H22O3/c1-11-9-14(18-3)12(2)8-13(11)10-16(6-5-7-16)15(17)19-4/h8-9H,5-7,10H2,1-4H3. The van der Waals surface area contributed by atoms with Gasteiger partial charge in [0.1, 0.15) is 5.75 Å². The molecule has 0 atom stereocenters. The van der Waals surface area contributed by atoms with E-state index in [1.807, 2.05) is 13.0 Å². The Morgan fingerprint density at radius 3 is 2.37 bits per heavy atom.